The smallest absolute Gasteiger partial charge is 0.0868 e. The molecule has 2 aromatic heterocycles. The minimum absolute atomic E-state index is 0.180. The number of rotatable bonds is 1. The monoisotopic (exact) mass is 183 g/mol. The second-order valence-corrected chi connectivity index (χ2v) is 4.86. The lowest BCUT2D eigenvalue weighted by Gasteiger charge is -1.96. The molecule has 2 heterocycles. The minimum Gasteiger partial charge on any atom is -0.324 e. The van der Waals surface area contributed by atoms with Crippen LogP contribution in [0.2, 0.25) is 0 Å². The summed E-state index contributed by atoms with van der Waals surface area (Å²) in [7, 11) is 0. The van der Waals surface area contributed by atoms with Gasteiger partial charge in [-0.15, -0.1) is 22.7 Å². The van der Waals surface area contributed by atoms with Gasteiger partial charge in [0, 0.05) is 16.3 Å². The van der Waals surface area contributed by atoms with Crippen LogP contribution in [0.4, 0.5) is 0 Å². The average Bonchev–Trinajstić information content (AvgIpc) is 2.40. The molecule has 0 amide bonds. The molecule has 3 heteroatoms. The number of fused-ring (bicyclic) bond motifs is 1. The largest absolute Gasteiger partial charge is 0.324 e. The summed E-state index contributed by atoms with van der Waals surface area (Å²) >= 11 is 3.59. The van der Waals surface area contributed by atoms with Gasteiger partial charge in [-0.25, -0.2) is 0 Å². The Kier molecular flexibility index (Phi) is 1.71. The Balaban J connectivity index is 2.58. The van der Waals surface area contributed by atoms with Gasteiger partial charge in [-0.05, 0) is 24.4 Å². The van der Waals surface area contributed by atoms with Crippen LogP contribution in [-0.2, 0) is 0 Å². The molecule has 0 aromatic carbocycles. The Bertz CT molecular complexity index is 330. The molecule has 0 fully saturated rings. The van der Waals surface area contributed by atoms with Crippen molar-refractivity contribution in [3.63, 3.8) is 0 Å². The maximum atomic E-state index is 5.75. The first-order valence-corrected chi connectivity index (χ1v) is 5.19. The van der Waals surface area contributed by atoms with Gasteiger partial charge in [-0.1, -0.05) is 0 Å². The zero-order chi connectivity index (χ0) is 7.84. The van der Waals surface area contributed by atoms with Gasteiger partial charge in [0.05, 0.1) is 4.01 Å². The summed E-state index contributed by atoms with van der Waals surface area (Å²) in [5.41, 5.74) is 5.75. The maximum absolute atomic E-state index is 5.75. The van der Waals surface area contributed by atoms with Gasteiger partial charge in [-0.2, -0.15) is 0 Å². The molecular formula is C8H9NS2. The predicted molar refractivity (Wildman–Crippen MR) is 52.3 cm³/mol. The lowest BCUT2D eigenvalue weighted by Crippen LogP contribution is -2.01. The van der Waals surface area contributed by atoms with Crippen molar-refractivity contribution in [1.82, 2.24) is 0 Å². The fraction of sp³-hybridized carbons (Fsp3) is 0.250. The molecule has 0 saturated heterocycles. The fourth-order valence-corrected chi connectivity index (χ4v) is 3.09. The Morgan fingerprint density at radius 1 is 1.55 bits per heavy atom. The highest BCUT2D eigenvalue weighted by atomic mass is 32.2. The van der Waals surface area contributed by atoms with E-state index in [1.54, 1.807) is 22.7 Å². The summed E-state index contributed by atoms with van der Waals surface area (Å²) in [5, 5.41) is 3.46. The van der Waals surface area contributed by atoms with Gasteiger partial charge < -0.3 is 5.73 Å². The molecule has 0 radical (unpaired) electrons. The summed E-state index contributed by atoms with van der Waals surface area (Å²) in [5.74, 6) is 0. The molecule has 0 aliphatic carbocycles. The van der Waals surface area contributed by atoms with Crippen LogP contribution in [0.3, 0.4) is 0 Å². The molecule has 58 valence electrons. The quantitative estimate of drug-likeness (QED) is 0.722. The van der Waals surface area contributed by atoms with Gasteiger partial charge in [0.1, 0.15) is 0 Å². The Morgan fingerprint density at radius 2 is 2.36 bits per heavy atom. The van der Waals surface area contributed by atoms with Crippen LogP contribution in [0.15, 0.2) is 17.5 Å². The highest BCUT2D eigenvalue weighted by Gasteiger charge is 2.05. The Morgan fingerprint density at radius 3 is 3.00 bits per heavy atom. The molecule has 2 aromatic rings. The Labute approximate surface area is 73.5 Å². The molecule has 0 spiro atoms. The van der Waals surface area contributed by atoms with Crippen LogP contribution in [0, 0.1) is 0 Å². The molecule has 11 heavy (non-hydrogen) atoms. The molecule has 0 aliphatic rings. The van der Waals surface area contributed by atoms with Crippen molar-refractivity contribution in [2.24, 2.45) is 5.73 Å². The highest BCUT2D eigenvalue weighted by molar-refractivity contribution is 7.37. The SMILES string of the molecule is CC(N)c1cc2ccsc2s1. The topological polar surface area (TPSA) is 26.0 Å². The number of nitrogens with two attached hydrogens (primary N) is 1. The van der Waals surface area contributed by atoms with E-state index in [9.17, 15) is 0 Å². The number of thiophene rings is 2. The second-order valence-electron chi connectivity index (χ2n) is 2.60. The van der Waals surface area contributed by atoms with Crippen molar-refractivity contribution in [2.45, 2.75) is 13.0 Å². The van der Waals surface area contributed by atoms with E-state index in [0.717, 1.165) is 0 Å². The molecule has 1 unspecified atom stereocenters. The molecule has 0 aliphatic heterocycles. The van der Waals surface area contributed by atoms with Crippen LogP contribution < -0.4 is 5.73 Å². The summed E-state index contributed by atoms with van der Waals surface area (Å²) in [6, 6.07) is 4.50. The van der Waals surface area contributed by atoms with Crippen molar-refractivity contribution >= 4 is 32.1 Å². The van der Waals surface area contributed by atoms with Crippen molar-refractivity contribution in [2.75, 3.05) is 0 Å². The van der Waals surface area contributed by atoms with Crippen molar-refractivity contribution in [1.29, 1.82) is 0 Å². The first kappa shape index (κ1) is 7.28. The zero-order valence-electron chi connectivity index (χ0n) is 6.20. The summed E-state index contributed by atoms with van der Waals surface area (Å²) in [6.45, 7) is 2.02. The lowest BCUT2D eigenvalue weighted by molar-refractivity contribution is 0.839. The average molecular weight is 183 g/mol. The molecule has 1 nitrogen and oxygen atoms in total. The van der Waals surface area contributed by atoms with Gasteiger partial charge >= 0.3 is 0 Å². The molecule has 2 rings (SSSR count). The van der Waals surface area contributed by atoms with E-state index in [-0.39, 0.29) is 6.04 Å². The Hall–Kier alpha value is -0.380. The fourth-order valence-electron chi connectivity index (χ4n) is 1.01. The summed E-state index contributed by atoms with van der Waals surface area (Å²) in [6.07, 6.45) is 0. The van der Waals surface area contributed by atoms with Gasteiger partial charge in [0.15, 0.2) is 0 Å². The van der Waals surface area contributed by atoms with E-state index in [1.807, 2.05) is 6.92 Å². The minimum atomic E-state index is 0.180. The van der Waals surface area contributed by atoms with Crippen LogP contribution in [-0.4, -0.2) is 0 Å². The predicted octanol–water partition coefficient (Wildman–Crippen LogP) is 2.98. The van der Waals surface area contributed by atoms with E-state index in [2.05, 4.69) is 17.5 Å². The zero-order valence-corrected chi connectivity index (χ0v) is 7.84. The van der Waals surface area contributed by atoms with E-state index in [4.69, 9.17) is 5.73 Å². The number of hydrogen-bond donors (Lipinski definition) is 1. The standard InChI is InChI=1S/C8H9NS2/c1-5(9)7-4-6-2-3-10-8(6)11-7/h2-5H,9H2,1H3. The molecule has 1 atom stereocenters. The van der Waals surface area contributed by atoms with Crippen molar-refractivity contribution in [3.05, 3.63) is 22.4 Å². The summed E-state index contributed by atoms with van der Waals surface area (Å²) in [4.78, 5) is 1.28. The van der Waals surface area contributed by atoms with Crippen LogP contribution in [0.1, 0.15) is 17.8 Å². The van der Waals surface area contributed by atoms with E-state index >= 15 is 0 Å². The summed E-state index contributed by atoms with van der Waals surface area (Å²) < 4.78 is 1.39. The van der Waals surface area contributed by atoms with Crippen LogP contribution >= 0.6 is 22.7 Å². The van der Waals surface area contributed by atoms with Crippen LogP contribution in [0.25, 0.3) is 9.40 Å². The third kappa shape index (κ3) is 1.20. The normalized spacial score (nSPS) is 14.0. The van der Waals surface area contributed by atoms with E-state index < -0.39 is 0 Å². The van der Waals surface area contributed by atoms with Gasteiger partial charge in [0.2, 0.25) is 0 Å². The molecule has 0 saturated carbocycles. The van der Waals surface area contributed by atoms with Crippen LogP contribution in [0.5, 0.6) is 0 Å². The molecule has 2 N–H and O–H groups in total. The molecule has 0 bridgehead atoms. The van der Waals surface area contributed by atoms with Gasteiger partial charge in [0.25, 0.3) is 0 Å². The van der Waals surface area contributed by atoms with E-state index in [1.165, 1.54) is 14.3 Å². The second kappa shape index (κ2) is 2.59. The van der Waals surface area contributed by atoms with Crippen molar-refractivity contribution < 1.29 is 0 Å². The maximum Gasteiger partial charge on any atom is 0.0868 e. The van der Waals surface area contributed by atoms with E-state index in [0.29, 0.717) is 0 Å². The van der Waals surface area contributed by atoms with Gasteiger partial charge in [-0.3, -0.25) is 0 Å². The third-order valence-corrected chi connectivity index (χ3v) is 4.02. The number of hydrogen-bond acceptors (Lipinski definition) is 3. The molecular weight excluding hydrogens is 174 g/mol. The first-order valence-electron chi connectivity index (χ1n) is 3.50. The highest BCUT2D eigenvalue weighted by Crippen LogP contribution is 2.32. The van der Waals surface area contributed by atoms with Crippen molar-refractivity contribution in [3.8, 4) is 0 Å². The third-order valence-electron chi connectivity index (χ3n) is 1.62. The first-order chi connectivity index (χ1) is 5.27. The lowest BCUT2D eigenvalue weighted by atomic mass is 10.3.